The Morgan fingerprint density at radius 3 is 2.89 bits per heavy atom. The van der Waals surface area contributed by atoms with Crippen molar-refractivity contribution in [3.63, 3.8) is 0 Å². The molecule has 2 aromatic rings. The second-order valence-corrected chi connectivity index (χ2v) is 5.24. The van der Waals surface area contributed by atoms with E-state index in [4.69, 9.17) is 4.42 Å². The highest BCUT2D eigenvalue weighted by molar-refractivity contribution is 9.10. The molecule has 2 rings (SSSR count). The summed E-state index contributed by atoms with van der Waals surface area (Å²) in [4.78, 5) is 4.37. The molecule has 0 saturated heterocycles. The van der Waals surface area contributed by atoms with Crippen LogP contribution in [0.2, 0.25) is 0 Å². The molecule has 4 heteroatoms. The Hall–Kier alpha value is -1.29. The minimum atomic E-state index is 0.386. The van der Waals surface area contributed by atoms with E-state index in [9.17, 15) is 0 Å². The van der Waals surface area contributed by atoms with Crippen LogP contribution in [0.1, 0.15) is 24.8 Å². The van der Waals surface area contributed by atoms with Crippen LogP contribution in [-0.4, -0.2) is 11.0 Å². The van der Waals surface area contributed by atoms with Gasteiger partial charge in [-0.05, 0) is 60.5 Å². The molecule has 1 unspecified atom stereocenters. The van der Waals surface area contributed by atoms with Gasteiger partial charge >= 0.3 is 0 Å². The number of halogens is 1. The number of anilines is 1. The SMILES string of the molecule is Cc1nc(Br)ccc1NC(C)CCc1ccco1. The number of furan rings is 1. The Balaban J connectivity index is 1.88. The fourth-order valence-electron chi connectivity index (χ4n) is 1.83. The van der Waals surface area contributed by atoms with Gasteiger partial charge in [-0.2, -0.15) is 0 Å². The lowest BCUT2D eigenvalue weighted by molar-refractivity contribution is 0.495. The van der Waals surface area contributed by atoms with Crippen LogP contribution in [0.3, 0.4) is 0 Å². The molecule has 96 valence electrons. The monoisotopic (exact) mass is 308 g/mol. The van der Waals surface area contributed by atoms with Crippen molar-refractivity contribution in [1.29, 1.82) is 0 Å². The predicted octanol–water partition coefficient (Wildman–Crippen LogP) is 4.18. The predicted molar refractivity (Wildman–Crippen MR) is 76.8 cm³/mol. The summed E-state index contributed by atoms with van der Waals surface area (Å²) >= 11 is 3.37. The van der Waals surface area contributed by atoms with Gasteiger partial charge in [-0.15, -0.1) is 0 Å². The standard InChI is InChI=1S/C14H17BrN2O/c1-10(5-6-12-4-3-9-18-12)16-13-7-8-14(15)17-11(13)2/h3-4,7-10,16H,5-6H2,1-2H3. The summed E-state index contributed by atoms with van der Waals surface area (Å²) in [7, 11) is 0. The van der Waals surface area contributed by atoms with Crippen LogP contribution in [0.5, 0.6) is 0 Å². The molecule has 0 bridgehead atoms. The summed E-state index contributed by atoms with van der Waals surface area (Å²) in [5.41, 5.74) is 2.10. The van der Waals surface area contributed by atoms with Crippen LogP contribution in [0, 0.1) is 6.92 Å². The van der Waals surface area contributed by atoms with Crippen molar-refractivity contribution in [1.82, 2.24) is 4.98 Å². The Morgan fingerprint density at radius 1 is 1.39 bits per heavy atom. The number of nitrogens with zero attached hydrogens (tertiary/aromatic N) is 1. The lowest BCUT2D eigenvalue weighted by Gasteiger charge is -2.16. The molecule has 0 amide bonds. The molecule has 1 N–H and O–H groups in total. The molecule has 1 atom stereocenters. The van der Waals surface area contributed by atoms with Gasteiger partial charge < -0.3 is 9.73 Å². The van der Waals surface area contributed by atoms with Gasteiger partial charge in [0, 0.05) is 12.5 Å². The van der Waals surface area contributed by atoms with E-state index in [1.54, 1.807) is 6.26 Å². The second kappa shape index (κ2) is 6.05. The maximum atomic E-state index is 5.33. The van der Waals surface area contributed by atoms with Gasteiger partial charge in [-0.25, -0.2) is 4.98 Å². The maximum Gasteiger partial charge on any atom is 0.106 e. The van der Waals surface area contributed by atoms with Crippen LogP contribution in [0.4, 0.5) is 5.69 Å². The summed E-state index contributed by atoms with van der Waals surface area (Å²) in [6.45, 7) is 4.18. The third kappa shape index (κ3) is 3.60. The van der Waals surface area contributed by atoms with Gasteiger partial charge in [0.25, 0.3) is 0 Å². The molecule has 0 fully saturated rings. The van der Waals surface area contributed by atoms with Gasteiger partial charge in [0.15, 0.2) is 0 Å². The molecule has 0 spiro atoms. The zero-order valence-corrected chi connectivity index (χ0v) is 12.2. The molecule has 0 aliphatic rings. The normalized spacial score (nSPS) is 12.4. The van der Waals surface area contributed by atoms with E-state index in [1.165, 1.54) is 0 Å². The zero-order chi connectivity index (χ0) is 13.0. The number of pyridine rings is 1. The van der Waals surface area contributed by atoms with Crippen molar-refractivity contribution in [3.8, 4) is 0 Å². The minimum absolute atomic E-state index is 0.386. The number of hydrogen-bond donors (Lipinski definition) is 1. The van der Waals surface area contributed by atoms with Crippen molar-refractivity contribution in [2.24, 2.45) is 0 Å². The van der Waals surface area contributed by atoms with Crippen molar-refractivity contribution in [2.45, 2.75) is 32.7 Å². The average Bonchev–Trinajstić information content (AvgIpc) is 2.83. The van der Waals surface area contributed by atoms with Gasteiger partial charge in [-0.1, -0.05) is 0 Å². The Bertz CT molecular complexity index is 497. The highest BCUT2D eigenvalue weighted by Gasteiger charge is 2.06. The van der Waals surface area contributed by atoms with Crippen LogP contribution >= 0.6 is 15.9 Å². The third-order valence-corrected chi connectivity index (χ3v) is 3.30. The molecule has 2 aromatic heterocycles. The van der Waals surface area contributed by atoms with Crippen LogP contribution in [0.15, 0.2) is 39.5 Å². The number of hydrogen-bond acceptors (Lipinski definition) is 3. The third-order valence-electron chi connectivity index (χ3n) is 2.86. The Kier molecular flexibility index (Phi) is 4.42. The number of aryl methyl sites for hydroxylation is 2. The fraction of sp³-hybridized carbons (Fsp3) is 0.357. The molecule has 0 radical (unpaired) electrons. The first-order chi connectivity index (χ1) is 8.65. The van der Waals surface area contributed by atoms with E-state index in [1.807, 2.05) is 25.1 Å². The van der Waals surface area contributed by atoms with Gasteiger partial charge in [-0.3, -0.25) is 0 Å². The molecule has 0 aromatic carbocycles. The maximum absolute atomic E-state index is 5.33. The molecule has 0 saturated carbocycles. The second-order valence-electron chi connectivity index (χ2n) is 4.43. The molecule has 0 aliphatic heterocycles. The van der Waals surface area contributed by atoms with E-state index in [-0.39, 0.29) is 0 Å². The first-order valence-electron chi connectivity index (χ1n) is 6.07. The number of rotatable bonds is 5. The zero-order valence-electron chi connectivity index (χ0n) is 10.6. The summed E-state index contributed by atoms with van der Waals surface area (Å²) in [5.74, 6) is 1.04. The smallest absolute Gasteiger partial charge is 0.106 e. The largest absolute Gasteiger partial charge is 0.469 e. The van der Waals surface area contributed by atoms with E-state index in [2.05, 4.69) is 39.2 Å². The average molecular weight is 309 g/mol. The lowest BCUT2D eigenvalue weighted by Crippen LogP contribution is -2.16. The van der Waals surface area contributed by atoms with Crippen LogP contribution < -0.4 is 5.32 Å². The number of aromatic nitrogens is 1. The fourth-order valence-corrected chi connectivity index (χ4v) is 2.23. The molecule has 18 heavy (non-hydrogen) atoms. The van der Waals surface area contributed by atoms with Crippen molar-refractivity contribution in [2.75, 3.05) is 5.32 Å². The summed E-state index contributed by atoms with van der Waals surface area (Å²) in [6.07, 6.45) is 3.70. The first-order valence-corrected chi connectivity index (χ1v) is 6.86. The van der Waals surface area contributed by atoms with Crippen molar-refractivity contribution in [3.05, 3.63) is 46.6 Å². The van der Waals surface area contributed by atoms with E-state index < -0.39 is 0 Å². The lowest BCUT2D eigenvalue weighted by atomic mass is 10.1. The highest BCUT2D eigenvalue weighted by Crippen LogP contribution is 2.18. The minimum Gasteiger partial charge on any atom is -0.469 e. The molecule has 3 nitrogen and oxygen atoms in total. The van der Waals surface area contributed by atoms with Gasteiger partial charge in [0.2, 0.25) is 0 Å². The Labute approximate surface area is 116 Å². The Morgan fingerprint density at radius 2 is 2.22 bits per heavy atom. The summed E-state index contributed by atoms with van der Waals surface area (Å²) < 4.78 is 6.20. The number of nitrogens with one attached hydrogen (secondary N) is 1. The molecule has 0 aliphatic carbocycles. The van der Waals surface area contributed by atoms with Crippen molar-refractivity contribution < 1.29 is 4.42 Å². The molecular weight excluding hydrogens is 292 g/mol. The summed E-state index contributed by atoms with van der Waals surface area (Å²) in [6, 6.07) is 8.33. The van der Waals surface area contributed by atoms with E-state index in [0.717, 1.165) is 34.6 Å². The quantitative estimate of drug-likeness (QED) is 0.842. The first kappa shape index (κ1) is 13.1. The van der Waals surface area contributed by atoms with Crippen LogP contribution in [0.25, 0.3) is 0 Å². The van der Waals surface area contributed by atoms with Gasteiger partial charge in [0.05, 0.1) is 17.6 Å². The van der Waals surface area contributed by atoms with E-state index >= 15 is 0 Å². The summed E-state index contributed by atoms with van der Waals surface area (Å²) in [5, 5.41) is 3.47. The topological polar surface area (TPSA) is 38.1 Å². The molecular formula is C14H17BrN2O. The highest BCUT2D eigenvalue weighted by atomic mass is 79.9. The van der Waals surface area contributed by atoms with Crippen LogP contribution in [-0.2, 0) is 6.42 Å². The van der Waals surface area contributed by atoms with E-state index in [0.29, 0.717) is 6.04 Å². The molecule has 2 heterocycles. The van der Waals surface area contributed by atoms with Crippen molar-refractivity contribution >= 4 is 21.6 Å². The van der Waals surface area contributed by atoms with Gasteiger partial charge in [0.1, 0.15) is 10.4 Å².